The quantitative estimate of drug-likeness (QED) is 0.801. The van der Waals surface area contributed by atoms with Crippen molar-refractivity contribution in [2.45, 2.75) is 32.5 Å². The Balaban J connectivity index is 1.59. The van der Waals surface area contributed by atoms with E-state index in [9.17, 15) is 9.59 Å². The zero-order valence-electron chi connectivity index (χ0n) is 15.0. The number of aromatic nitrogens is 3. The van der Waals surface area contributed by atoms with Gasteiger partial charge in [0.1, 0.15) is 0 Å². The molecule has 1 aromatic heterocycles. The number of methoxy groups -OCH3 is 2. The van der Waals surface area contributed by atoms with Gasteiger partial charge in [-0.15, -0.1) is 0 Å². The van der Waals surface area contributed by atoms with E-state index in [1.165, 1.54) is 14.2 Å². The zero-order chi connectivity index (χ0) is 18.3. The summed E-state index contributed by atoms with van der Waals surface area (Å²) in [6, 6.07) is 5.24. The Morgan fingerprint density at radius 3 is 2.73 bits per heavy atom. The molecule has 0 spiro atoms. The van der Waals surface area contributed by atoms with Crippen LogP contribution >= 0.6 is 0 Å². The van der Waals surface area contributed by atoms with Crippen LogP contribution in [0, 0.1) is 5.92 Å². The maximum Gasteiger partial charge on any atom is 0.346 e. The molecular weight excluding hydrogens is 336 g/mol. The van der Waals surface area contributed by atoms with Crippen LogP contribution in [0.1, 0.15) is 29.0 Å². The molecule has 1 aromatic carbocycles. The van der Waals surface area contributed by atoms with Crippen LogP contribution in [0.4, 0.5) is 0 Å². The number of hydrogen-bond acceptors (Lipinski definition) is 5. The number of rotatable bonds is 5. The third-order valence-corrected chi connectivity index (χ3v) is 4.97. The van der Waals surface area contributed by atoms with Crippen molar-refractivity contribution >= 4 is 5.91 Å². The maximum absolute atomic E-state index is 13.0. The third kappa shape index (κ3) is 2.85. The van der Waals surface area contributed by atoms with Gasteiger partial charge in [0, 0.05) is 19.6 Å². The van der Waals surface area contributed by atoms with Gasteiger partial charge in [0.25, 0.3) is 5.91 Å². The predicted molar refractivity (Wildman–Crippen MR) is 93.5 cm³/mol. The smallest absolute Gasteiger partial charge is 0.346 e. The Hall–Kier alpha value is -2.77. The number of hydrogen-bond donors (Lipinski definition) is 0. The van der Waals surface area contributed by atoms with Crippen LogP contribution in [0.25, 0.3) is 0 Å². The minimum Gasteiger partial charge on any atom is -0.493 e. The Bertz CT molecular complexity index is 897. The number of carbonyl (C=O) groups is 1. The minimum atomic E-state index is -0.156. The average molecular weight is 358 g/mol. The molecule has 2 aliphatic rings. The molecule has 138 valence electrons. The fourth-order valence-electron chi connectivity index (χ4n) is 3.36. The monoisotopic (exact) mass is 358 g/mol. The summed E-state index contributed by atoms with van der Waals surface area (Å²) in [7, 11) is 3.06. The molecule has 0 N–H and O–H groups in total. The summed E-state index contributed by atoms with van der Waals surface area (Å²) < 4.78 is 13.9. The van der Waals surface area contributed by atoms with Crippen LogP contribution in [-0.4, -0.2) is 45.9 Å². The standard InChI is InChI=1S/C18H22N4O4/c1-25-14-5-3-4-13(16(14)26-2)17(23)20-8-9-21-15(11-20)19-22(18(21)24)10-12-6-7-12/h3-5,12H,6-11H2,1-2H3. The summed E-state index contributed by atoms with van der Waals surface area (Å²) >= 11 is 0. The summed E-state index contributed by atoms with van der Waals surface area (Å²) in [6.07, 6.45) is 2.32. The highest BCUT2D eigenvalue weighted by molar-refractivity contribution is 5.97. The van der Waals surface area contributed by atoms with E-state index < -0.39 is 0 Å². The number of fused-ring (bicyclic) bond motifs is 1. The largest absolute Gasteiger partial charge is 0.493 e. The first-order valence-corrected chi connectivity index (χ1v) is 8.79. The van der Waals surface area contributed by atoms with Gasteiger partial charge < -0.3 is 14.4 Å². The Morgan fingerprint density at radius 1 is 1.23 bits per heavy atom. The lowest BCUT2D eigenvalue weighted by molar-refractivity contribution is 0.0702. The molecule has 8 nitrogen and oxygen atoms in total. The van der Waals surface area contributed by atoms with Crippen molar-refractivity contribution in [3.05, 3.63) is 40.1 Å². The highest BCUT2D eigenvalue weighted by Gasteiger charge is 2.30. The van der Waals surface area contributed by atoms with Crippen molar-refractivity contribution in [2.75, 3.05) is 20.8 Å². The van der Waals surface area contributed by atoms with Gasteiger partial charge in [0.15, 0.2) is 17.3 Å². The zero-order valence-corrected chi connectivity index (χ0v) is 15.0. The van der Waals surface area contributed by atoms with Crippen LogP contribution in [0.2, 0.25) is 0 Å². The molecule has 1 fully saturated rings. The molecule has 0 radical (unpaired) electrons. The summed E-state index contributed by atoms with van der Waals surface area (Å²) in [5.41, 5.74) is 0.373. The van der Waals surface area contributed by atoms with Gasteiger partial charge in [-0.1, -0.05) is 6.07 Å². The van der Waals surface area contributed by atoms with Crippen molar-refractivity contribution in [1.29, 1.82) is 0 Å². The molecule has 8 heteroatoms. The summed E-state index contributed by atoms with van der Waals surface area (Å²) in [6.45, 7) is 1.90. The van der Waals surface area contributed by atoms with Crippen LogP contribution < -0.4 is 15.2 Å². The summed E-state index contributed by atoms with van der Waals surface area (Å²) in [4.78, 5) is 27.1. The van der Waals surface area contributed by atoms with Crippen molar-refractivity contribution < 1.29 is 14.3 Å². The molecule has 4 rings (SSSR count). The minimum absolute atomic E-state index is 0.0713. The topological polar surface area (TPSA) is 78.6 Å². The number of para-hydroxylation sites is 1. The molecule has 0 unspecified atom stereocenters. The fraction of sp³-hybridized carbons (Fsp3) is 0.500. The third-order valence-electron chi connectivity index (χ3n) is 4.97. The van der Waals surface area contributed by atoms with Crippen LogP contribution in [0.3, 0.4) is 0 Å². The van der Waals surface area contributed by atoms with E-state index >= 15 is 0 Å². The molecule has 1 saturated carbocycles. The SMILES string of the molecule is COc1cccc(C(=O)N2CCn3c(nn(CC4CC4)c3=O)C2)c1OC. The summed E-state index contributed by atoms with van der Waals surface area (Å²) in [5.74, 6) is 1.99. The Morgan fingerprint density at radius 2 is 2.04 bits per heavy atom. The normalized spacial score (nSPS) is 16.3. The number of ether oxygens (including phenoxy) is 2. The van der Waals surface area contributed by atoms with Gasteiger partial charge in [0.2, 0.25) is 0 Å². The molecule has 26 heavy (non-hydrogen) atoms. The van der Waals surface area contributed by atoms with Crippen molar-refractivity contribution in [2.24, 2.45) is 5.92 Å². The van der Waals surface area contributed by atoms with Gasteiger partial charge in [-0.3, -0.25) is 9.36 Å². The first-order valence-electron chi connectivity index (χ1n) is 8.79. The van der Waals surface area contributed by atoms with E-state index in [1.54, 1.807) is 32.3 Å². The van der Waals surface area contributed by atoms with Gasteiger partial charge in [-0.25, -0.2) is 9.48 Å². The first-order chi connectivity index (χ1) is 12.6. The number of benzene rings is 1. The second-order valence-electron chi connectivity index (χ2n) is 6.74. The van der Waals surface area contributed by atoms with Gasteiger partial charge >= 0.3 is 5.69 Å². The Labute approximate surface area is 150 Å². The molecule has 2 heterocycles. The number of nitrogens with zero attached hydrogens (tertiary/aromatic N) is 4. The molecule has 1 aliphatic carbocycles. The lowest BCUT2D eigenvalue weighted by Gasteiger charge is -2.27. The van der Waals surface area contributed by atoms with E-state index in [2.05, 4.69) is 5.10 Å². The molecule has 1 amide bonds. The lowest BCUT2D eigenvalue weighted by atomic mass is 10.1. The molecule has 2 aromatic rings. The van der Waals surface area contributed by atoms with Crippen molar-refractivity contribution in [3.8, 4) is 11.5 Å². The second-order valence-corrected chi connectivity index (χ2v) is 6.74. The van der Waals surface area contributed by atoms with E-state index in [1.807, 2.05) is 0 Å². The van der Waals surface area contributed by atoms with E-state index in [4.69, 9.17) is 9.47 Å². The number of amides is 1. The Kier molecular flexibility index (Phi) is 4.18. The molecule has 0 saturated heterocycles. The van der Waals surface area contributed by atoms with Gasteiger partial charge in [0.05, 0.1) is 26.3 Å². The molecule has 0 bridgehead atoms. The van der Waals surface area contributed by atoms with Crippen LogP contribution in [0.15, 0.2) is 23.0 Å². The van der Waals surface area contributed by atoms with Gasteiger partial charge in [-0.2, -0.15) is 5.10 Å². The number of carbonyl (C=O) groups excluding carboxylic acids is 1. The van der Waals surface area contributed by atoms with E-state index in [0.717, 1.165) is 12.8 Å². The second kappa shape index (κ2) is 6.51. The molecular formula is C18H22N4O4. The maximum atomic E-state index is 13.0. The van der Waals surface area contributed by atoms with Crippen molar-refractivity contribution in [3.63, 3.8) is 0 Å². The van der Waals surface area contributed by atoms with Crippen molar-refractivity contribution in [1.82, 2.24) is 19.2 Å². The predicted octanol–water partition coefficient (Wildman–Crippen LogP) is 1.13. The highest BCUT2D eigenvalue weighted by Crippen LogP contribution is 2.32. The van der Waals surface area contributed by atoms with E-state index in [0.29, 0.717) is 55.0 Å². The molecule has 0 atom stereocenters. The summed E-state index contributed by atoms with van der Waals surface area (Å²) in [5, 5.41) is 4.45. The average Bonchev–Trinajstić information content (AvgIpc) is 3.44. The van der Waals surface area contributed by atoms with Gasteiger partial charge in [-0.05, 0) is 30.9 Å². The van der Waals surface area contributed by atoms with Crippen LogP contribution in [-0.2, 0) is 19.6 Å². The highest BCUT2D eigenvalue weighted by atomic mass is 16.5. The molecule has 1 aliphatic heterocycles. The fourth-order valence-corrected chi connectivity index (χ4v) is 3.36. The first kappa shape index (κ1) is 16.7. The lowest BCUT2D eigenvalue weighted by Crippen LogP contribution is -2.41. The van der Waals surface area contributed by atoms with E-state index in [-0.39, 0.29) is 11.6 Å². The van der Waals surface area contributed by atoms with Crippen LogP contribution in [0.5, 0.6) is 11.5 Å².